The number of carboxylic acids is 1. The highest BCUT2D eigenvalue weighted by Crippen LogP contribution is 2.32. The van der Waals surface area contributed by atoms with Crippen LogP contribution in [-0.2, 0) is 0 Å². The standard InChI is InChI=1S/C10H14N6O4/c1-4-2-5(8(17)18)3-6(15(13)9(11)19)7(4)16(14)10(12)20/h2-3H,13-14H2,1H3,(H2,11,19)(H2,12,20)(H,17,18). The van der Waals surface area contributed by atoms with Crippen molar-refractivity contribution < 1.29 is 19.5 Å². The lowest BCUT2D eigenvalue weighted by Gasteiger charge is -2.24. The van der Waals surface area contributed by atoms with Crippen LogP contribution in [0.15, 0.2) is 12.1 Å². The summed E-state index contributed by atoms with van der Waals surface area (Å²) in [5, 5.41) is 9.99. The predicted molar refractivity (Wildman–Crippen MR) is 70.6 cm³/mol. The lowest BCUT2D eigenvalue weighted by molar-refractivity contribution is 0.0696. The van der Waals surface area contributed by atoms with Gasteiger partial charge in [0.05, 0.1) is 16.9 Å². The van der Waals surface area contributed by atoms with Crippen LogP contribution in [0.3, 0.4) is 0 Å². The molecule has 0 bridgehead atoms. The molecule has 10 nitrogen and oxygen atoms in total. The minimum absolute atomic E-state index is 0.0243. The lowest BCUT2D eigenvalue weighted by Crippen LogP contribution is -2.46. The van der Waals surface area contributed by atoms with Crippen LogP contribution in [0.2, 0.25) is 0 Å². The molecule has 1 aromatic carbocycles. The molecule has 0 aliphatic carbocycles. The number of carboxylic acid groups (broad SMARTS) is 1. The smallest absolute Gasteiger partial charge is 0.335 e. The molecule has 0 aliphatic rings. The number of rotatable bonds is 3. The molecule has 0 atom stereocenters. The van der Waals surface area contributed by atoms with Gasteiger partial charge >= 0.3 is 18.0 Å². The third-order valence-corrected chi connectivity index (χ3v) is 2.50. The van der Waals surface area contributed by atoms with Gasteiger partial charge in [-0.05, 0) is 24.6 Å². The van der Waals surface area contributed by atoms with Gasteiger partial charge in [-0.15, -0.1) is 0 Å². The summed E-state index contributed by atoms with van der Waals surface area (Å²) in [7, 11) is 0. The molecular formula is C10H14N6O4. The molecule has 0 spiro atoms. The number of carbonyl (C=O) groups is 3. The second kappa shape index (κ2) is 5.42. The highest BCUT2D eigenvalue weighted by atomic mass is 16.4. The number of hydrogen-bond donors (Lipinski definition) is 5. The first-order chi connectivity index (χ1) is 9.16. The fourth-order valence-corrected chi connectivity index (χ4v) is 1.61. The second-order valence-corrected chi connectivity index (χ2v) is 3.88. The average Bonchev–Trinajstić information content (AvgIpc) is 2.35. The minimum atomic E-state index is -1.25. The number of amides is 4. The number of carbonyl (C=O) groups excluding carboxylic acids is 2. The van der Waals surface area contributed by atoms with E-state index < -0.39 is 18.0 Å². The molecule has 20 heavy (non-hydrogen) atoms. The largest absolute Gasteiger partial charge is 0.478 e. The van der Waals surface area contributed by atoms with Crippen molar-refractivity contribution in [3.05, 3.63) is 23.3 Å². The molecule has 10 heteroatoms. The van der Waals surface area contributed by atoms with Crippen LogP contribution in [0.5, 0.6) is 0 Å². The Hall–Kier alpha value is -2.85. The topological polar surface area (TPSA) is 182 Å². The molecule has 9 N–H and O–H groups in total. The molecule has 0 saturated heterocycles. The average molecular weight is 282 g/mol. The minimum Gasteiger partial charge on any atom is -0.478 e. The van der Waals surface area contributed by atoms with E-state index in [0.29, 0.717) is 10.0 Å². The van der Waals surface area contributed by atoms with Crippen molar-refractivity contribution in [2.75, 3.05) is 10.0 Å². The van der Waals surface area contributed by atoms with E-state index in [1.54, 1.807) is 0 Å². The van der Waals surface area contributed by atoms with Crippen molar-refractivity contribution in [2.45, 2.75) is 6.92 Å². The number of hydrazine groups is 2. The first kappa shape index (κ1) is 15.2. The molecule has 0 aliphatic heterocycles. The van der Waals surface area contributed by atoms with E-state index in [-0.39, 0.29) is 22.5 Å². The molecule has 1 aromatic rings. The van der Waals surface area contributed by atoms with Crippen LogP contribution in [0, 0.1) is 6.92 Å². The number of hydrogen-bond acceptors (Lipinski definition) is 5. The Morgan fingerprint density at radius 3 is 1.95 bits per heavy atom. The third kappa shape index (κ3) is 2.76. The SMILES string of the molecule is Cc1cc(C(=O)O)cc(N(N)C(N)=O)c1N(N)C(N)=O. The zero-order valence-corrected chi connectivity index (χ0v) is 10.5. The number of urea groups is 2. The van der Waals surface area contributed by atoms with Crippen molar-refractivity contribution in [2.24, 2.45) is 23.2 Å². The van der Waals surface area contributed by atoms with Gasteiger partial charge in [0.2, 0.25) is 0 Å². The number of anilines is 2. The van der Waals surface area contributed by atoms with Crippen LogP contribution >= 0.6 is 0 Å². The van der Waals surface area contributed by atoms with Crippen LogP contribution in [0.1, 0.15) is 15.9 Å². The summed E-state index contributed by atoms with van der Waals surface area (Å²) in [5.41, 5.74) is 10.0. The fourth-order valence-electron chi connectivity index (χ4n) is 1.61. The van der Waals surface area contributed by atoms with E-state index in [9.17, 15) is 14.4 Å². The monoisotopic (exact) mass is 282 g/mol. The summed E-state index contributed by atoms with van der Waals surface area (Å²) in [5.74, 6) is 9.68. The van der Waals surface area contributed by atoms with E-state index in [4.69, 9.17) is 28.3 Å². The van der Waals surface area contributed by atoms with Gasteiger partial charge in [-0.25, -0.2) is 36.1 Å². The molecule has 0 saturated carbocycles. The Morgan fingerprint density at radius 2 is 1.55 bits per heavy atom. The van der Waals surface area contributed by atoms with E-state index in [0.717, 1.165) is 6.07 Å². The van der Waals surface area contributed by atoms with E-state index in [1.807, 2.05) is 0 Å². The Kier molecular flexibility index (Phi) is 4.12. The Balaban J connectivity index is 3.60. The van der Waals surface area contributed by atoms with Gasteiger partial charge in [-0.1, -0.05) is 0 Å². The molecule has 1 rings (SSSR count). The summed E-state index contributed by atoms with van der Waals surface area (Å²) in [4.78, 5) is 33.3. The Morgan fingerprint density at radius 1 is 1.05 bits per heavy atom. The van der Waals surface area contributed by atoms with Gasteiger partial charge in [-0.3, -0.25) is 0 Å². The van der Waals surface area contributed by atoms with Gasteiger partial charge < -0.3 is 16.6 Å². The van der Waals surface area contributed by atoms with Crippen molar-refractivity contribution in [3.8, 4) is 0 Å². The maximum absolute atomic E-state index is 11.1. The number of primary amides is 2. The molecule has 108 valence electrons. The van der Waals surface area contributed by atoms with Crippen LogP contribution in [-0.4, -0.2) is 23.1 Å². The number of aryl methyl sites for hydroxylation is 1. The maximum atomic E-state index is 11.1. The fraction of sp³-hybridized carbons (Fsp3) is 0.100. The molecule has 0 heterocycles. The molecule has 0 aromatic heterocycles. The molecular weight excluding hydrogens is 268 g/mol. The first-order valence-corrected chi connectivity index (χ1v) is 5.23. The quantitative estimate of drug-likeness (QED) is 0.275. The van der Waals surface area contributed by atoms with Gasteiger partial charge in [-0.2, -0.15) is 0 Å². The number of nitrogens with zero attached hydrogens (tertiary/aromatic N) is 2. The van der Waals surface area contributed by atoms with Gasteiger partial charge in [0, 0.05) is 0 Å². The molecule has 0 radical (unpaired) electrons. The Bertz CT molecular complexity index is 587. The number of aromatic carboxylic acids is 1. The number of nitrogens with two attached hydrogens (primary N) is 4. The summed E-state index contributed by atoms with van der Waals surface area (Å²) in [6.45, 7) is 1.48. The summed E-state index contributed by atoms with van der Waals surface area (Å²) in [6.07, 6.45) is 0. The van der Waals surface area contributed by atoms with Gasteiger partial charge in [0.25, 0.3) is 0 Å². The molecule has 0 unspecified atom stereocenters. The number of benzene rings is 1. The second-order valence-electron chi connectivity index (χ2n) is 3.88. The zero-order valence-electron chi connectivity index (χ0n) is 10.5. The van der Waals surface area contributed by atoms with E-state index in [1.165, 1.54) is 13.0 Å². The molecule has 4 amide bonds. The lowest BCUT2D eigenvalue weighted by atomic mass is 10.1. The zero-order chi connectivity index (χ0) is 15.6. The summed E-state index contributed by atoms with van der Waals surface area (Å²) in [6, 6.07) is 0.221. The van der Waals surface area contributed by atoms with Crippen molar-refractivity contribution in [1.82, 2.24) is 0 Å². The third-order valence-electron chi connectivity index (χ3n) is 2.50. The van der Waals surface area contributed by atoms with Crippen LogP contribution in [0.25, 0.3) is 0 Å². The molecule has 0 fully saturated rings. The predicted octanol–water partition coefficient (Wildman–Crippen LogP) is -0.789. The van der Waals surface area contributed by atoms with E-state index in [2.05, 4.69) is 0 Å². The summed E-state index contributed by atoms with van der Waals surface area (Å²) >= 11 is 0. The van der Waals surface area contributed by atoms with Gasteiger partial charge in [0.1, 0.15) is 0 Å². The van der Waals surface area contributed by atoms with Gasteiger partial charge in [0.15, 0.2) is 0 Å². The van der Waals surface area contributed by atoms with Crippen molar-refractivity contribution in [3.63, 3.8) is 0 Å². The highest BCUT2D eigenvalue weighted by Gasteiger charge is 2.23. The summed E-state index contributed by atoms with van der Waals surface area (Å²) < 4.78 is 0. The Labute approximate surface area is 113 Å². The van der Waals surface area contributed by atoms with Crippen LogP contribution in [0.4, 0.5) is 21.0 Å². The van der Waals surface area contributed by atoms with Crippen LogP contribution < -0.4 is 33.2 Å². The van der Waals surface area contributed by atoms with E-state index >= 15 is 0 Å². The normalized spacial score (nSPS) is 9.95. The van der Waals surface area contributed by atoms with Crippen molar-refractivity contribution in [1.29, 1.82) is 0 Å². The highest BCUT2D eigenvalue weighted by molar-refractivity contribution is 6.02. The first-order valence-electron chi connectivity index (χ1n) is 5.23. The maximum Gasteiger partial charge on any atom is 0.335 e. The van der Waals surface area contributed by atoms with Crippen molar-refractivity contribution >= 4 is 29.4 Å².